The number of ketones is 1. The highest BCUT2D eigenvalue weighted by Crippen LogP contribution is 2.57. The van der Waals surface area contributed by atoms with Crippen LogP contribution in [0.5, 0.6) is 0 Å². The Balaban J connectivity index is 1.44. The zero-order chi connectivity index (χ0) is 25.0. The van der Waals surface area contributed by atoms with Gasteiger partial charge in [0, 0.05) is 19.4 Å². The Morgan fingerprint density at radius 3 is 2.26 bits per heavy atom. The van der Waals surface area contributed by atoms with Gasteiger partial charge < -0.3 is 19.8 Å². The summed E-state index contributed by atoms with van der Waals surface area (Å²) in [5.74, 6) is -1.39. The van der Waals surface area contributed by atoms with E-state index in [9.17, 15) is 29.4 Å². The van der Waals surface area contributed by atoms with E-state index in [1.165, 1.54) is 11.3 Å². The van der Waals surface area contributed by atoms with E-state index in [1.807, 2.05) is 27.7 Å². The van der Waals surface area contributed by atoms with E-state index in [2.05, 4.69) is 0 Å². The van der Waals surface area contributed by atoms with Gasteiger partial charge in [-0.05, 0) is 48.9 Å². The smallest absolute Gasteiger partial charge is 0.310 e. The van der Waals surface area contributed by atoms with E-state index in [1.54, 1.807) is 0 Å². The molecule has 8 nitrogen and oxygen atoms in total. The van der Waals surface area contributed by atoms with Crippen molar-refractivity contribution in [3.63, 3.8) is 0 Å². The molecule has 0 aromatic rings. The third-order valence-corrected chi connectivity index (χ3v) is 8.79. The van der Waals surface area contributed by atoms with Crippen molar-refractivity contribution in [2.45, 2.75) is 97.3 Å². The fraction of sp³-hybridized carbons (Fsp3) is 0.846. The Labute approximate surface area is 201 Å². The number of likely N-dealkylation sites (tertiary alicyclic amines) is 1. The Bertz CT molecular complexity index is 854. The zero-order valence-electron chi connectivity index (χ0n) is 20.8. The lowest BCUT2D eigenvalue weighted by Crippen LogP contribution is -2.48. The van der Waals surface area contributed by atoms with Gasteiger partial charge in [0.2, 0.25) is 5.91 Å². The van der Waals surface area contributed by atoms with Crippen molar-refractivity contribution < 1.29 is 34.1 Å². The van der Waals surface area contributed by atoms with Crippen molar-refractivity contribution in [1.29, 1.82) is 0 Å². The lowest BCUT2D eigenvalue weighted by molar-refractivity contribution is -0.157. The molecule has 2 unspecified atom stereocenters. The first-order valence-electron chi connectivity index (χ1n) is 12.8. The molecule has 1 amide bonds. The van der Waals surface area contributed by atoms with Crippen LogP contribution in [-0.2, 0) is 23.9 Å². The van der Waals surface area contributed by atoms with Crippen LogP contribution >= 0.6 is 0 Å². The fourth-order valence-electron chi connectivity index (χ4n) is 6.38. The molecule has 1 heterocycles. The van der Waals surface area contributed by atoms with Crippen LogP contribution in [0.15, 0.2) is 0 Å². The Hall–Kier alpha value is -1.96. The van der Waals surface area contributed by atoms with E-state index >= 15 is 0 Å². The first kappa shape index (κ1) is 25.1. The maximum atomic E-state index is 13.7. The van der Waals surface area contributed by atoms with Crippen LogP contribution in [0.3, 0.4) is 0 Å². The van der Waals surface area contributed by atoms with Gasteiger partial charge in [0.25, 0.3) is 0 Å². The van der Waals surface area contributed by atoms with Gasteiger partial charge in [0.1, 0.15) is 6.10 Å². The summed E-state index contributed by atoms with van der Waals surface area (Å²) in [5, 5.41) is 20.0. The predicted octanol–water partition coefficient (Wildman–Crippen LogP) is 2.80. The van der Waals surface area contributed by atoms with Crippen molar-refractivity contribution >= 4 is 23.6 Å². The van der Waals surface area contributed by atoms with Crippen LogP contribution in [0.1, 0.15) is 79.1 Å². The number of esters is 1. The number of rotatable bonds is 9. The van der Waals surface area contributed by atoms with Gasteiger partial charge >= 0.3 is 11.9 Å². The molecular weight excluding hydrogens is 438 g/mol. The molecule has 0 radical (unpaired) electrons. The van der Waals surface area contributed by atoms with Crippen LogP contribution in [0, 0.1) is 34.5 Å². The number of hydrogen-bond acceptors (Lipinski definition) is 6. The average molecular weight is 478 g/mol. The minimum Gasteiger partial charge on any atom is -0.481 e. The summed E-state index contributed by atoms with van der Waals surface area (Å²) in [5.41, 5.74) is -1.61. The average Bonchev–Trinajstić information content (AvgIpc) is 3.56. The van der Waals surface area contributed by atoms with Gasteiger partial charge in [-0.1, -0.05) is 34.1 Å². The number of ether oxygens (including phenoxy) is 1. The fourth-order valence-corrected chi connectivity index (χ4v) is 6.38. The van der Waals surface area contributed by atoms with E-state index in [0.717, 1.165) is 12.8 Å². The molecule has 190 valence electrons. The number of carbonyl (C=O) groups excluding carboxylic acids is 3. The number of carbonyl (C=O) groups is 4. The second-order valence-electron chi connectivity index (χ2n) is 12.3. The number of β-amino-alcohol motifs (C(OH)–C–C–N with tert-alkyl or cyclic N) is 1. The van der Waals surface area contributed by atoms with Gasteiger partial charge in [0.15, 0.2) is 5.78 Å². The monoisotopic (exact) mass is 477 g/mol. The summed E-state index contributed by atoms with van der Waals surface area (Å²) in [4.78, 5) is 52.9. The highest BCUT2D eigenvalue weighted by Gasteiger charge is 2.61. The van der Waals surface area contributed by atoms with E-state index < -0.39 is 40.8 Å². The maximum Gasteiger partial charge on any atom is 0.310 e. The van der Waals surface area contributed by atoms with Gasteiger partial charge in [-0.2, -0.15) is 0 Å². The van der Waals surface area contributed by atoms with Crippen molar-refractivity contribution in [2.75, 3.05) is 6.54 Å². The van der Waals surface area contributed by atoms with Crippen molar-refractivity contribution in [2.24, 2.45) is 34.5 Å². The number of aliphatic carboxylic acids is 1. The topological polar surface area (TPSA) is 121 Å². The van der Waals surface area contributed by atoms with E-state index in [4.69, 9.17) is 4.74 Å². The molecule has 1 saturated heterocycles. The van der Waals surface area contributed by atoms with Crippen LogP contribution < -0.4 is 0 Å². The molecule has 0 aromatic carbocycles. The van der Waals surface area contributed by atoms with Crippen LogP contribution in [0.25, 0.3) is 0 Å². The second kappa shape index (κ2) is 8.92. The standard InChI is InChI=1S/C26H39NO7/c1-5-16-11-26(16,24(32)33)12-21(29)20-9-17(28)13-27(20)23(31)19(25(2,3)4)10-22(30)34-18-7-14-6-15(14)8-18/h14-20,28H,5-13H2,1-4H3,(H,32,33)/t14-,15+,16-,17?,18?,19-,20+,26-/m1/s1. The highest BCUT2D eigenvalue weighted by atomic mass is 16.5. The third-order valence-electron chi connectivity index (χ3n) is 8.79. The van der Waals surface area contributed by atoms with Crippen molar-refractivity contribution in [1.82, 2.24) is 4.90 Å². The summed E-state index contributed by atoms with van der Waals surface area (Å²) < 4.78 is 5.68. The molecular formula is C26H39NO7. The minimum atomic E-state index is -1.05. The lowest BCUT2D eigenvalue weighted by Gasteiger charge is -2.35. The number of hydrogen-bond donors (Lipinski definition) is 2. The Morgan fingerprint density at radius 2 is 1.74 bits per heavy atom. The molecule has 2 N–H and O–H groups in total. The number of aliphatic hydroxyl groups is 1. The van der Waals surface area contributed by atoms with Gasteiger partial charge in [-0.25, -0.2) is 0 Å². The lowest BCUT2D eigenvalue weighted by atomic mass is 9.77. The molecule has 0 spiro atoms. The van der Waals surface area contributed by atoms with E-state index in [0.29, 0.717) is 24.7 Å². The highest BCUT2D eigenvalue weighted by molar-refractivity contribution is 5.95. The van der Waals surface area contributed by atoms with Crippen LogP contribution in [0.4, 0.5) is 0 Å². The molecule has 4 aliphatic rings. The maximum absolute atomic E-state index is 13.7. The zero-order valence-corrected chi connectivity index (χ0v) is 20.8. The molecule has 4 rings (SSSR count). The number of Topliss-reactive ketones (excluding diaryl/α,β-unsaturated/α-hetero) is 1. The summed E-state index contributed by atoms with van der Waals surface area (Å²) in [6, 6.07) is -0.861. The Morgan fingerprint density at radius 1 is 1.09 bits per heavy atom. The Kier molecular flexibility index (Phi) is 6.60. The molecule has 4 fully saturated rings. The van der Waals surface area contributed by atoms with Gasteiger partial charge in [-0.15, -0.1) is 0 Å². The molecule has 34 heavy (non-hydrogen) atoms. The van der Waals surface area contributed by atoms with Crippen molar-refractivity contribution in [3.05, 3.63) is 0 Å². The van der Waals surface area contributed by atoms with Crippen molar-refractivity contribution in [3.8, 4) is 0 Å². The molecule has 8 heteroatoms. The van der Waals surface area contributed by atoms with Crippen LogP contribution in [-0.4, -0.2) is 63.5 Å². The molecule has 3 aliphatic carbocycles. The molecule has 1 aliphatic heterocycles. The minimum absolute atomic E-state index is 0.0140. The quantitative estimate of drug-likeness (QED) is 0.490. The first-order chi connectivity index (χ1) is 15.9. The summed E-state index contributed by atoms with van der Waals surface area (Å²) in [6.07, 6.45) is 3.18. The molecule has 0 aromatic heterocycles. The predicted molar refractivity (Wildman–Crippen MR) is 122 cm³/mol. The first-order valence-corrected chi connectivity index (χ1v) is 12.8. The van der Waals surface area contributed by atoms with Gasteiger partial charge in [0.05, 0.1) is 29.9 Å². The third kappa shape index (κ3) is 4.88. The number of carboxylic acids is 1. The SMILES string of the molecule is CC[C@@H]1C[C@]1(CC(=O)[C@@H]1CC(O)CN1C(=O)[C@@H](CC(=O)OC1C[C@@H]2C[C@@H]2C1)C(C)(C)C)C(=O)O. The molecule has 8 atom stereocenters. The number of amides is 1. The number of fused-ring (bicyclic) bond motifs is 1. The van der Waals surface area contributed by atoms with Gasteiger partial charge in [-0.3, -0.25) is 19.2 Å². The molecule has 0 bridgehead atoms. The summed E-state index contributed by atoms with van der Waals surface area (Å²) >= 11 is 0. The van der Waals surface area contributed by atoms with Crippen LogP contribution in [0.2, 0.25) is 0 Å². The second-order valence-corrected chi connectivity index (χ2v) is 12.3. The molecule has 3 saturated carbocycles. The number of carboxylic acid groups (broad SMARTS) is 1. The number of nitrogens with zero attached hydrogens (tertiary/aromatic N) is 1. The van der Waals surface area contributed by atoms with E-state index in [-0.39, 0.29) is 49.5 Å². The summed E-state index contributed by atoms with van der Waals surface area (Å²) in [7, 11) is 0. The normalized spacial score (nSPS) is 37.1. The largest absolute Gasteiger partial charge is 0.481 e. The number of aliphatic hydroxyl groups excluding tert-OH is 1. The summed E-state index contributed by atoms with van der Waals surface area (Å²) in [6.45, 7) is 7.57.